The molecule has 0 aliphatic carbocycles. The quantitative estimate of drug-likeness (QED) is 0.887. The second-order valence-corrected chi connectivity index (χ2v) is 5.94. The summed E-state index contributed by atoms with van der Waals surface area (Å²) in [5.41, 5.74) is 2.03. The molecule has 4 nitrogen and oxygen atoms in total. The van der Waals surface area contributed by atoms with Gasteiger partial charge in [0, 0.05) is 24.8 Å². The number of hydrogen-bond acceptors (Lipinski definition) is 2. The van der Waals surface area contributed by atoms with Crippen molar-refractivity contribution in [2.75, 3.05) is 25.0 Å². The molecule has 2 N–H and O–H groups in total. The minimum Gasteiger partial charge on any atom is -0.338 e. The Kier molecular flexibility index (Phi) is 5.01. The molecule has 0 bridgehead atoms. The Labute approximate surface area is 121 Å². The van der Waals surface area contributed by atoms with Gasteiger partial charge in [0.05, 0.1) is 0 Å². The molecule has 1 aliphatic rings. The average Bonchev–Trinajstić information content (AvgIpc) is 2.88. The Morgan fingerprint density at radius 1 is 1.35 bits per heavy atom. The van der Waals surface area contributed by atoms with Gasteiger partial charge in [-0.05, 0) is 51.8 Å². The summed E-state index contributed by atoms with van der Waals surface area (Å²) >= 11 is 0. The number of benzene rings is 1. The number of rotatable bonds is 4. The highest BCUT2D eigenvalue weighted by atomic mass is 16.2. The number of nitrogens with one attached hydrogen (secondary N) is 2. The van der Waals surface area contributed by atoms with Crippen LogP contribution in [0.15, 0.2) is 24.3 Å². The average molecular weight is 275 g/mol. The third-order valence-corrected chi connectivity index (χ3v) is 3.91. The monoisotopic (exact) mass is 275 g/mol. The molecule has 1 heterocycles. The van der Waals surface area contributed by atoms with Crippen LogP contribution in [0.4, 0.5) is 10.5 Å². The van der Waals surface area contributed by atoms with Crippen molar-refractivity contribution in [3.63, 3.8) is 0 Å². The molecule has 1 aromatic rings. The zero-order valence-electron chi connectivity index (χ0n) is 12.6. The fraction of sp³-hybridized carbons (Fsp3) is 0.562. The summed E-state index contributed by atoms with van der Waals surface area (Å²) in [7, 11) is 0. The number of aryl methyl sites for hydroxylation is 1. The van der Waals surface area contributed by atoms with E-state index in [-0.39, 0.29) is 6.03 Å². The summed E-state index contributed by atoms with van der Waals surface area (Å²) in [5.74, 6) is 0.571. The van der Waals surface area contributed by atoms with Crippen LogP contribution in [0.2, 0.25) is 0 Å². The molecule has 20 heavy (non-hydrogen) atoms. The molecule has 1 fully saturated rings. The van der Waals surface area contributed by atoms with Gasteiger partial charge in [0.1, 0.15) is 0 Å². The van der Waals surface area contributed by atoms with Crippen LogP contribution < -0.4 is 10.6 Å². The van der Waals surface area contributed by atoms with Crippen molar-refractivity contribution in [1.29, 1.82) is 0 Å². The Hall–Kier alpha value is -1.55. The number of nitrogens with zero attached hydrogens (tertiary/aromatic N) is 1. The Morgan fingerprint density at radius 3 is 2.65 bits per heavy atom. The Balaban J connectivity index is 1.72. The van der Waals surface area contributed by atoms with Crippen LogP contribution in [-0.2, 0) is 0 Å². The molecule has 110 valence electrons. The van der Waals surface area contributed by atoms with Crippen LogP contribution >= 0.6 is 0 Å². The predicted molar refractivity (Wildman–Crippen MR) is 83.0 cm³/mol. The number of carbonyl (C=O) groups is 1. The largest absolute Gasteiger partial charge is 0.338 e. The van der Waals surface area contributed by atoms with Crippen molar-refractivity contribution in [2.45, 2.75) is 33.2 Å². The van der Waals surface area contributed by atoms with Crippen LogP contribution in [0, 0.1) is 12.8 Å². The second-order valence-electron chi connectivity index (χ2n) is 5.94. The van der Waals surface area contributed by atoms with Crippen molar-refractivity contribution >= 4 is 11.7 Å². The summed E-state index contributed by atoms with van der Waals surface area (Å²) in [6.45, 7) is 9.46. The molecule has 2 rings (SSSR count). The zero-order chi connectivity index (χ0) is 14.5. The Morgan fingerprint density at radius 2 is 2.05 bits per heavy atom. The normalized spacial score (nSPS) is 19.3. The summed E-state index contributed by atoms with van der Waals surface area (Å²) in [6, 6.07) is 8.31. The first-order chi connectivity index (χ1) is 9.54. The highest BCUT2D eigenvalue weighted by Gasteiger charge is 2.24. The van der Waals surface area contributed by atoms with Crippen LogP contribution in [0.5, 0.6) is 0 Å². The van der Waals surface area contributed by atoms with Crippen LogP contribution in [0.25, 0.3) is 0 Å². The summed E-state index contributed by atoms with van der Waals surface area (Å²) in [5, 5.41) is 5.83. The molecule has 0 radical (unpaired) electrons. The van der Waals surface area contributed by atoms with Gasteiger partial charge in [-0.25, -0.2) is 4.79 Å². The fourth-order valence-electron chi connectivity index (χ4n) is 2.55. The van der Waals surface area contributed by atoms with Gasteiger partial charge >= 0.3 is 6.03 Å². The third kappa shape index (κ3) is 4.23. The predicted octanol–water partition coefficient (Wildman–Crippen LogP) is 2.85. The maximum Gasteiger partial charge on any atom is 0.319 e. The molecule has 1 atom stereocenters. The van der Waals surface area contributed by atoms with E-state index in [2.05, 4.69) is 29.4 Å². The van der Waals surface area contributed by atoms with E-state index in [1.165, 1.54) is 12.0 Å². The lowest BCUT2D eigenvalue weighted by atomic mass is 10.1. The van der Waals surface area contributed by atoms with Gasteiger partial charge in [-0.2, -0.15) is 0 Å². The smallest absolute Gasteiger partial charge is 0.319 e. The number of urea groups is 1. The Bertz CT molecular complexity index is 442. The van der Waals surface area contributed by atoms with Gasteiger partial charge in [-0.3, -0.25) is 0 Å². The minimum atomic E-state index is -0.114. The number of hydrogen-bond donors (Lipinski definition) is 2. The molecule has 0 aromatic heterocycles. The van der Waals surface area contributed by atoms with Crippen molar-refractivity contribution in [2.24, 2.45) is 5.92 Å². The van der Waals surface area contributed by atoms with Crippen molar-refractivity contribution in [3.05, 3.63) is 29.8 Å². The second kappa shape index (κ2) is 6.75. The standard InChI is InChI=1S/C16H25N3O/c1-12(2)19-9-8-14(11-19)10-17-16(20)18-15-6-4-13(3)5-7-15/h4-7,12,14H,8-11H2,1-3H3,(H2,17,18,20). The molecule has 1 saturated heterocycles. The van der Waals surface area contributed by atoms with Crippen molar-refractivity contribution in [3.8, 4) is 0 Å². The highest BCUT2D eigenvalue weighted by molar-refractivity contribution is 5.89. The van der Waals surface area contributed by atoms with E-state index >= 15 is 0 Å². The van der Waals surface area contributed by atoms with Gasteiger partial charge in [0.25, 0.3) is 0 Å². The van der Waals surface area contributed by atoms with Gasteiger partial charge in [-0.15, -0.1) is 0 Å². The number of anilines is 1. The van der Waals surface area contributed by atoms with E-state index in [0.717, 1.165) is 25.3 Å². The highest BCUT2D eigenvalue weighted by Crippen LogP contribution is 2.17. The van der Waals surface area contributed by atoms with E-state index in [9.17, 15) is 4.79 Å². The molecule has 4 heteroatoms. The van der Waals surface area contributed by atoms with Crippen LogP contribution in [-0.4, -0.2) is 36.6 Å². The first-order valence-corrected chi connectivity index (χ1v) is 7.40. The molecule has 1 aliphatic heterocycles. The van der Waals surface area contributed by atoms with E-state index in [4.69, 9.17) is 0 Å². The van der Waals surface area contributed by atoms with Gasteiger partial charge < -0.3 is 15.5 Å². The first kappa shape index (κ1) is 14.9. The molecule has 0 saturated carbocycles. The third-order valence-electron chi connectivity index (χ3n) is 3.91. The lowest BCUT2D eigenvalue weighted by Gasteiger charge is -2.20. The lowest BCUT2D eigenvalue weighted by molar-refractivity contribution is 0.247. The van der Waals surface area contributed by atoms with Crippen LogP contribution in [0.3, 0.4) is 0 Å². The van der Waals surface area contributed by atoms with E-state index < -0.39 is 0 Å². The van der Waals surface area contributed by atoms with Gasteiger partial charge in [0.15, 0.2) is 0 Å². The van der Waals surface area contributed by atoms with Crippen molar-refractivity contribution < 1.29 is 4.79 Å². The maximum atomic E-state index is 11.8. The zero-order valence-corrected chi connectivity index (χ0v) is 12.6. The minimum absolute atomic E-state index is 0.114. The van der Waals surface area contributed by atoms with Crippen LogP contribution in [0.1, 0.15) is 25.8 Å². The van der Waals surface area contributed by atoms with Crippen molar-refractivity contribution in [1.82, 2.24) is 10.2 Å². The molecule has 2 amide bonds. The number of likely N-dealkylation sites (tertiary alicyclic amines) is 1. The van der Waals surface area contributed by atoms with Gasteiger partial charge in [0.2, 0.25) is 0 Å². The maximum absolute atomic E-state index is 11.8. The number of amides is 2. The molecule has 1 unspecified atom stereocenters. The molecule has 0 spiro atoms. The topological polar surface area (TPSA) is 44.4 Å². The van der Waals surface area contributed by atoms with Gasteiger partial charge in [-0.1, -0.05) is 17.7 Å². The fourth-order valence-corrected chi connectivity index (χ4v) is 2.55. The molecule has 1 aromatic carbocycles. The summed E-state index contributed by atoms with van der Waals surface area (Å²) in [6.07, 6.45) is 1.17. The lowest BCUT2D eigenvalue weighted by Crippen LogP contribution is -2.35. The molecular formula is C16H25N3O. The van der Waals surface area contributed by atoms with E-state index in [0.29, 0.717) is 12.0 Å². The molecular weight excluding hydrogens is 250 g/mol. The van der Waals surface area contributed by atoms with E-state index in [1.54, 1.807) is 0 Å². The summed E-state index contributed by atoms with van der Waals surface area (Å²) in [4.78, 5) is 14.3. The summed E-state index contributed by atoms with van der Waals surface area (Å²) < 4.78 is 0. The SMILES string of the molecule is Cc1ccc(NC(=O)NCC2CCN(C(C)C)C2)cc1. The first-order valence-electron chi connectivity index (χ1n) is 7.40. The van der Waals surface area contributed by atoms with E-state index in [1.807, 2.05) is 31.2 Å². The number of carbonyl (C=O) groups excluding carboxylic acids is 1.